The zero-order valence-electron chi connectivity index (χ0n) is 22.1. The normalized spacial score (nSPS) is 16.0. The predicted octanol–water partition coefficient (Wildman–Crippen LogP) is 2.33. The molecule has 4 aromatic rings. The molecule has 4 heterocycles. The van der Waals surface area contributed by atoms with Crippen LogP contribution >= 0.6 is 0 Å². The first kappa shape index (κ1) is 26.9. The number of anilines is 4. The molecule has 2 aromatic carbocycles. The Morgan fingerprint density at radius 2 is 1.71 bits per heavy atom. The van der Waals surface area contributed by atoms with E-state index >= 15 is 0 Å². The van der Waals surface area contributed by atoms with Crippen molar-refractivity contribution in [3.63, 3.8) is 0 Å². The first-order chi connectivity index (χ1) is 19.9. The molecule has 0 radical (unpaired) electrons. The third-order valence-corrected chi connectivity index (χ3v) is 8.93. The minimum Gasteiger partial charge on any atom is -0.360 e. The Hall–Kier alpha value is -4.33. The maximum absolute atomic E-state index is 13.3. The van der Waals surface area contributed by atoms with Crippen LogP contribution in [0.3, 0.4) is 0 Å². The molecule has 0 amide bonds. The van der Waals surface area contributed by atoms with E-state index in [9.17, 15) is 12.8 Å². The van der Waals surface area contributed by atoms with Gasteiger partial charge in [0.2, 0.25) is 16.0 Å². The molecule has 13 heteroatoms. The molecular weight excluding hydrogens is 547 g/mol. The molecular formula is C28H29FN8O3S. The molecule has 0 atom stereocenters. The van der Waals surface area contributed by atoms with Gasteiger partial charge in [0, 0.05) is 49.4 Å². The van der Waals surface area contributed by atoms with E-state index in [1.807, 2.05) is 12.3 Å². The van der Waals surface area contributed by atoms with Crippen molar-refractivity contribution >= 4 is 45.4 Å². The van der Waals surface area contributed by atoms with Crippen molar-refractivity contribution in [3.8, 4) is 0 Å². The largest absolute Gasteiger partial charge is 0.360 e. The minimum atomic E-state index is -3.61. The Morgan fingerprint density at radius 1 is 0.976 bits per heavy atom. The molecule has 0 spiro atoms. The van der Waals surface area contributed by atoms with Crippen LogP contribution in [-0.2, 0) is 10.0 Å². The lowest BCUT2D eigenvalue weighted by Gasteiger charge is -2.33. The zero-order chi connectivity index (χ0) is 28.2. The predicted molar refractivity (Wildman–Crippen MR) is 153 cm³/mol. The van der Waals surface area contributed by atoms with Gasteiger partial charge >= 0.3 is 0 Å². The second-order valence-corrected chi connectivity index (χ2v) is 11.8. The Labute approximate surface area is 236 Å². The van der Waals surface area contributed by atoms with E-state index in [1.165, 1.54) is 12.1 Å². The highest BCUT2D eigenvalue weighted by atomic mass is 32.2. The van der Waals surface area contributed by atoms with E-state index in [2.05, 4.69) is 36.0 Å². The number of piperidine rings is 1. The van der Waals surface area contributed by atoms with Gasteiger partial charge in [0.1, 0.15) is 11.6 Å². The van der Waals surface area contributed by atoms with Gasteiger partial charge in [-0.2, -0.15) is 9.29 Å². The zero-order valence-corrected chi connectivity index (χ0v) is 22.9. The monoisotopic (exact) mass is 576 g/mol. The van der Waals surface area contributed by atoms with Crippen LogP contribution < -0.4 is 26.6 Å². The van der Waals surface area contributed by atoms with Crippen LogP contribution in [-0.4, -0.2) is 65.1 Å². The molecule has 2 aliphatic rings. The van der Waals surface area contributed by atoms with Gasteiger partial charge in [-0.15, -0.1) is 0 Å². The van der Waals surface area contributed by atoms with E-state index in [1.54, 1.807) is 59.2 Å². The molecule has 1 fully saturated rings. The number of nitrogens with one attached hydrogen (secondary N) is 3. The Kier molecular flexibility index (Phi) is 7.63. The van der Waals surface area contributed by atoms with Gasteiger partial charge in [-0.25, -0.2) is 17.8 Å². The number of rotatable bonds is 9. The fraction of sp³-hybridized carbons (Fsp3) is 0.250. The number of sulfonamides is 1. The third kappa shape index (κ3) is 6.37. The number of aromatic nitrogens is 3. The van der Waals surface area contributed by atoms with E-state index < -0.39 is 10.0 Å². The maximum Gasteiger partial charge on any atom is 0.243 e. The van der Waals surface area contributed by atoms with Crippen molar-refractivity contribution in [3.05, 3.63) is 83.4 Å². The average molecular weight is 577 g/mol. The van der Waals surface area contributed by atoms with Crippen LogP contribution in [0.15, 0.2) is 76.4 Å². The molecule has 0 aliphatic carbocycles. The summed E-state index contributed by atoms with van der Waals surface area (Å²) < 4.78 is 46.5. The summed E-state index contributed by atoms with van der Waals surface area (Å²) in [6.45, 7) is 2.31. The summed E-state index contributed by atoms with van der Waals surface area (Å²) >= 11 is 0. The fourth-order valence-corrected chi connectivity index (χ4v) is 6.24. The van der Waals surface area contributed by atoms with Gasteiger partial charge < -0.3 is 20.1 Å². The summed E-state index contributed by atoms with van der Waals surface area (Å²) in [7, 11) is -3.61. The van der Waals surface area contributed by atoms with Gasteiger partial charge in [0.05, 0.1) is 23.0 Å². The molecule has 212 valence electrons. The molecule has 0 unspecified atom stereocenters. The Balaban J connectivity index is 1.01. The second-order valence-electron chi connectivity index (χ2n) is 9.84. The van der Waals surface area contributed by atoms with Crippen molar-refractivity contribution < 1.29 is 17.3 Å². The van der Waals surface area contributed by atoms with Crippen molar-refractivity contribution in [2.75, 3.05) is 36.9 Å². The smallest absolute Gasteiger partial charge is 0.243 e. The number of fused-ring (bicyclic) bond motifs is 1. The summed E-state index contributed by atoms with van der Waals surface area (Å²) in [5.41, 5.74) is 2.13. The maximum atomic E-state index is 13.3. The van der Waals surface area contributed by atoms with Crippen molar-refractivity contribution in [1.82, 2.24) is 29.6 Å². The first-order valence-electron chi connectivity index (χ1n) is 13.3. The van der Waals surface area contributed by atoms with Crippen molar-refractivity contribution in [2.24, 2.45) is 0 Å². The average Bonchev–Trinajstić information content (AvgIpc) is 3.46. The molecule has 3 N–H and O–H groups in total. The number of halogens is 1. The van der Waals surface area contributed by atoms with Crippen LogP contribution in [0.1, 0.15) is 12.8 Å². The molecule has 0 saturated carbocycles. The Bertz CT molecular complexity index is 1720. The van der Waals surface area contributed by atoms with Crippen LogP contribution in [0.2, 0.25) is 0 Å². The summed E-state index contributed by atoms with van der Waals surface area (Å²) in [6.07, 6.45) is 8.77. The highest BCUT2D eigenvalue weighted by Crippen LogP contribution is 2.24. The number of hydrogen-bond donors (Lipinski definition) is 3. The van der Waals surface area contributed by atoms with Crippen LogP contribution in [0.4, 0.5) is 27.5 Å². The lowest BCUT2D eigenvalue weighted by Crippen LogP contribution is -2.47. The Morgan fingerprint density at radius 3 is 2.49 bits per heavy atom. The number of nitrogens with zero attached hydrogens (tertiary/aromatic N) is 5. The van der Waals surface area contributed by atoms with E-state index in [0.29, 0.717) is 42.9 Å². The highest BCUT2D eigenvalue weighted by Gasteiger charge is 2.29. The van der Waals surface area contributed by atoms with Gasteiger partial charge in [-0.1, -0.05) is 5.16 Å². The van der Waals surface area contributed by atoms with Crippen molar-refractivity contribution in [2.45, 2.75) is 23.8 Å². The SMILES string of the molecule is O=S(=O)(c1ccc(Nc2nccc(Nc3ccc(F)cc3)n2)cc1)N1CCC(NCN2C=c3cnoc3=CC2)CC1. The van der Waals surface area contributed by atoms with Gasteiger partial charge in [-0.3, -0.25) is 5.32 Å². The van der Waals surface area contributed by atoms with Gasteiger partial charge in [-0.05, 0) is 73.5 Å². The lowest BCUT2D eigenvalue weighted by molar-refractivity contribution is 0.266. The molecule has 0 bridgehead atoms. The molecule has 2 aromatic heterocycles. The standard InChI is InChI=1S/C28H29FN8O3S/c29-21-1-3-23(4-2-21)33-27-9-13-30-28(35-27)34-24-5-7-25(8-6-24)41(38,39)37-15-10-22(11-16-37)31-19-36-14-12-26-20(18-36)17-32-40-26/h1-9,12-13,17-18,22,31H,10-11,14-16,19H2,(H2,30,33,34,35). The topological polar surface area (TPSA) is 129 Å². The van der Waals surface area contributed by atoms with E-state index in [0.717, 1.165) is 30.0 Å². The first-order valence-corrected chi connectivity index (χ1v) is 14.7. The molecule has 6 rings (SSSR count). The minimum absolute atomic E-state index is 0.235. The number of hydrogen-bond acceptors (Lipinski definition) is 10. The molecule has 1 saturated heterocycles. The summed E-state index contributed by atoms with van der Waals surface area (Å²) in [5, 5.41) is 14.5. The van der Waals surface area contributed by atoms with Crippen LogP contribution in [0.5, 0.6) is 0 Å². The van der Waals surface area contributed by atoms with E-state index in [-0.39, 0.29) is 16.8 Å². The quantitative estimate of drug-likeness (QED) is 0.273. The molecule has 41 heavy (non-hydrogen) atoms. The summed E-state index contributed by atoms with van der Waals surface area (Å²) in [5.74, 6) is 0.550. The van der Waals surface area contributed by atoms with Gasteiger partial charge in [0.15, 0.2) is 5.42 Å². The van der Waals surface area contributed by atoms with Crippen LogP contribution in [0, 0.1) is 5.82 Å². The third-order valence-electron chi connectivity index (χ3n) is 7.02. The van der Waals surface area contributed by atoms with Crippen molar-refractivity contribution in [1.29, 1.82) is 0 Å². The number of benzene rings is 2. The highest BCUT2D eigenvalue weighted by molar-refractivity contribution is 7.89. The second kappa shape index (κ2) is 11.6. The fourth-order valence-electron chi connectivity index (χ4n) is 4.77. The summed E-state index contributed by atoms with van der Waals surface area (Å²) in [4.78, 5) is 11.0. The van der Waals surface area contributed by atoms with Crippen LogP contribution in [0.25, 0.3) is 12.3 Å². The lowest BCUT2D eigenvalue weighted by atomic mass is 10.1. The molecule has 11 nitrogen and oxygen atoms in total. The van der Waals surface area contributed by atoms with E-state index in [4.69, 9.17) is 4.52 Å². The van der Waals surface area contributed by atoms with Gasteiger partial charge in [0.25, 0.3) is 0 Å². The summed E-state index contributed by atoms with van der Waals surface area (Å²) in [6, 6.07) is 14.4. The molecule has 2 aliphatic heterocycles.